The number of carbonyl (C=O) groups is 2. The Kier molecular flexibility index (Phi) is 4.15. The zero-order valence-electron chi connectivity index (χ0n) is 14.8. The number of fused-ring (bicyclic) bond motifs is 2. The van der Waals surface area contributed by atoms with Gasteiger partial charge in [0.15, 0.2) is 0 Å². The van der Waals surface area contributed by atoms with Gasteiger partial charge in [0.2, 0.25) is 0 Å². The topological polar surface area (TPSA) is 73.4 Å². The Balaban J connectivity index is 1.81. The first-order valence-corrected chi connectivity index (χ1v) is 9.10. The van der Waals surface area contributed by atoms with Crippen LogP contribution in [-0.2, 0) is 28.9 Å². The number of aromatic nitrogens is 1. The summed E-state index contributed by atoms with van der Waals surface area (Å²) in [5.74, 6) is -0.820. The minimum Gasteiger partial charge on any atom is -0.481 e. The van der Waals surface area contributed by atoms with Crippen molar-refractivity contribution in [2.45, 2.75) is 38.5 Å². The molecule has 1 aliphatic carbocycles. The van der Waals surface area contributed by atoms with E-state index in [9.17, 15) is 9.59 Å². The number of hydrogen-bond acceptors (Lipinski definition) is 2. The summed E-state index contributed by atoms with van der Waals surface area (Å²) in [5, 5.41) is 9.11. The molecule has 0 radical (unpaired) electrons. The number of carbonyl (C=O) groups excluding carboxylic acids is 1. The highest BCUT2D eigenvalue weighted by atomic mass is 16.4. The van der Waals surface area contributed by atoms with Gasteiger partial charge in [0, 0.05) is 30.4 Å². The zero-order chi connectivity index (χ0) is 18.3. The highest BCUT2D eigenvalue weighted by Gasteiger charge is 2.30. The van der Waals surface area contributed by atoms with E-state index in [2.05, 4.69) is 4.98 Å². The van der Waals surface area contributed by atoms with Crippen molar-refractivity contribution < 1.29 is 14.7 Å². The summed E-state index contributed by atoms with van der Waals surface area (Å²) < 4.78 is 0. The predicted octanol–water partition coefficient (Wildman–Crippen LogP) is 3.43. The molecule has 0 atom stereocenters. The average molecular weight is 350 g/mol. The van der Waals surface area contributed by atoms with Crippen molar-refractivity contribution in [3.05, 3.63) is 52.3 Å². The Morgan fingerprint density at radius 1 is 1.27 bits per heavy atom. The second-order valence-corrected chi connectivity index (χ2v) is 7.01. The molecule has 26 heavy (non-hydrogen) atoms. The quantitative estimate of drug-likeness (QED) is 0.830. The van der Waals surface area contributed by atoms with Gasteiger partial charge in [0.05, 0.1) is 11.3 Å². The van der Waals surface area contributed by atoms with Gasteiger partial charge in [-0.15, -0.1) is 0 Å². The summed E-state index contributed by atoms with van der Waals surface area (Å²) in [5.41, 5.74) is 6.93. The number of likely N-dealkylation sites (N-methyl/N-ethyl adjacent to an activating group) is 1. The third-order valence-corrected chi connectivity index (χ3v) is 5.41. The normalized spacial score (nSPS) is 17.5. The largest absolute Gasteiger partial charge is 0.481 e. The van der Waals surface area contributed by atoms with Crippen molar-refractivity contribution in [2.24, 2.45) is 0 Å². The maximum atomic E-state index is 12.7. The molecule has 1 aliphatic heterocycles. The highest BCUT2D eigenvalue weighted by Crippen LogP contribution is 2.38. The van der Waals surface area contributed by atoms with Gasteiger partial charge >= 0.3 is 5.97 Å². The van der Waals surface area contributed by atoms with Crippen LogP contribution in [0.4, 0.5) is 5.69 Å². The first-order chi connectivity index (χ1) is 12.6. The maximum absolute atomic E-state index is 12.7. The number of amides is 1. The molecule has 5 heteroatoms. The number of para-hydroxylation sites is 1. The van der Waals surface area contributed by atoms with Crippen LogP contribution in [0.1, 0.15) is 47.3 Å². The molecule has 2 aromatic rings. The van der Waals surface area contributed by atoms with E-state index in [0.717, 1.165) is 48.2 Å². The lowest BCUT2D eigenvalue weighted by Gasteiger charge is -2.12. The summed E-state index contributed by atoms with van der Waals surface area (Å²) in [6.07, 6.45) is 6.76. The molecule has 134 valence electrons. The van der Waals surface area contributed by atoms with E-state index in [0.29, 0.717) is 12.0 Å². The number of H-pyrrole nitrogens is 1. The lowest BCUT2D eigenvalue weighted by Crippen LogP contribution is -2.20. The predicted molar refractivity (Wildman–Crippen MR) is 101 cm³/mol. The fraction of sp³-hybridized carbons (Fsp3) is 0.333. The molecular formula is C21H22N2O3. The molecule has 0 fully saturated rings. The standard InChI is InChI=1S/C21H22N2O3/c1-23-19-9-5-3-7-15(19)16(21(23)26)12-18-14(10-11-20(24)25)13-6-2-4-8-17(13)22-18/h3,5,7,9,12,22H,2,4,6,8,10-11H2,1H3,(H,24,25)/b16-12-. The molecule has 1 aromatic heterocycles. The highest BCUT2D eigenvalue weighted by molar-refractivity contribution is 6.35. The van der Waals surface area contributed by atoms with Gasteiger partial charge in [-0.05, 0) is 55.4 Å². The minimum atomic E-state index is -0.795. The number of aliphatic carboxylic acids is 1. The number of benzene rings is 1. The smallest absolute Gasteiger partial charge is 0.303 e. The van der Waals surface area contributed by atoms with Crippen molar-refractivity contribution >= 4 is 29.2 Å². The number of aromatic amines is 1. The fourth-order valence-electron chi connectivity index (χ4n) is 4.10. The molecule has 5 nitrogen and oxygen atoms in total. The Morgan fingerprint density at radius 3 is 2.85 bits per heavy atom. The summed E-state index contributed by atoms with van der Waals surface area (Å²) in [6.45, 7) is 0. The zero-order valence-corrected chi connectivity index (χ0v) is 14.8. The lowest BCUT2D eigenvalue weighted by atomic mass is 9.92. The van der Waals surface area contributed by atoms with Gasteiger partial charge in [-0.2, -0.15) is 0 Å². The number of nitrogens with one attached hydrogen (secondary N) is 1. The Labute approximate surface area is 152 Å². The molecule has 0 bridgehead atoms. The number of rotatable bonds is 4. The number of carboxylic acid groups (broad SMARTS) is 1. The van der Waals surface area contributed by atoms with E-state index in [-0.39, 0.29) is 12.3 Å². The summed E-state index contributed by atoms with van der Waals surface area (Å²) >= 11 is 0. The van der Waals surface area contributed by atoms with Crippen LogP contribution >= 0.6 is 0 Å². The molecule has 0 saturated heterocycles. The molecule has 0 spiro atoms. The first kappa shape index (κ1) is 16.6. The molecule has 1 amide bonds. The van der Waals surface area contributed by atoms with Gasteiger partial charge in [-0.1, -0.05) is 18.2 Å². The van der Waals surface area contributed by atoms with Crippen molar-refractivity contribution in [2.75, 3.05) is 11.9 Å². The number of nitrogens with zero attached hydrogens (tertiary/aromatic N) is 1. The molecule has 4 rings (SSSR count). The summed E-state index contributed by atoms with van der Waals surface area (Å²) in [6, 6.07) is 7.77. The van der Waals surface area contributed by atoms with E-state index >= 15 is 0 Å². The minimum absolute atomic E-state index is 0.0250. The second-order valence-electron chi connectivity index (χ2n) is 7.01. The lowest BCUT2D eigenvalue weighted by molar-refractivity contribution is -0.137. The number of hydrogen-bond donors (Lipinski definition) is 2. The maximum Gasteiger partial charge on any atom is 0.303 e. The Bertz CT molecular complexity index is 923. The molecule has 1 aromatic carbocycles. The molecule has 0 saturated carbocycles. The number of carboxylic acids is 1. The first-order valence-electron chi connectivity index (χ1n) is 9.10. The van der Waals surface area contributed by atoms with Crippen LogP contribution in [0.15, 0.2) is 24.3 Å². The third kappa shape index (κ3) is 2.73. The van der Waals surface area contributed by atoms with Crippen molar-refractivity contribution in [3.8, 4) is 0 Å². The average Bonchev–Trinajstić information content (AvgIpc) is 3.11. The van der Waals surface area contributed by atoms with Crippen LogP contribution < -0.4 is 4.90 Å². The van der Waals surface area contributed by atoms with Crippen LogP contribution in [0.5, 0.6) is 0 Å². The van der Waals surface area contributed by atoms with Crippen molar-refractivity contribution in [1.29, 1.82) is 0 Å². The Hall–Kier alpha value is -2.82. The van der Waals surface area contributed by atoms with Gasteiger partial charge in [0.25, 0.3) is 5.91 Å². The van der Waals surface area contributed by atoms with E-state index < -0.39 is 5.97 Å². The number of anilines is 1. The van der Waals surface area contributed by atoms with Crippen LogP contribution in [0, 0.1) is 0 Å². The molecule has 2 N–H and O–H groups in total. The fourth-order valence-corrected chi connectivity index (χ4v) is 4.10. The monoisotopic (exact) mass is 350 g/mol. The van der Waals surface area contributed by atoms with E-state index in [1.165, 1.54) is 11.3 Å². The van der Waals surface area contributed by atoms with Gasteiger partial charge in [0.1, 0.15) is 0 Å². The van der Waals surface area contributed by atoms with Crippen LogP contribution in [0.25, 0.3) is 11.6 Å². The molecule has 0 unspecified atom stereocenters. The van der Waals surface area contributed by atoms with E-state index in [1.54, 1.807) is 11.9 Å². The van der Waals surface area contributed by atoms with Crippen LogP contribution in [-0.4, -0.2) is 29.0 Å². The van der Waals surface area contributed by atoms with Gasteiger partial charge in [-0.25, -0.2) is 0 Å². The second kappa shape index (κ2) is 6.48. The van der Waals surface area contributed by atoms with Crippen molar-refractivity contribution in [3.63, 3.8) is 0 Å². The SMILES string of the molecule is CN1C(=O)/C(=C\c2[nH]c3c(c2CCC(=O)O)CCCC3)c2ccccc21. The van der Waals surface area contributed by atoms with Gasteiger partial charge < -0.3 is 15.0 Å². The number of aryl methyl sites for hydroxylation is 1. The van der Waals surface area contributed by atoms with E-state index in [1.807, 2.05) is 30.3 Å². The molecule has 2 aliphatic rings. The Morgan fingerprint density at radius 2 is 2.04 bits per heavy atom. The van der Waals surface area contributed by atoms with Gasteiger partial charge in [-0.3, -0.25) is 9.59 Å². The third-order valence-electron chi connectivity index (χ3n) is 5.41. The van der Waals surface area contributed by atoms with Crippen LogP contribution in [0.3, 0.4) is 0 Å². The summed E-state index contributed by atoms with van der Waals surface area (Å²) in [4.78, 5) is 29.0. The van der Waals surface area contributed by atoms with Crippen LogP contribution in [0.2, 0.25) is 0 Å². The van der Waals surface area contributed by atoms with E-state index in [4.69, 9.17) is 5.11 Å². The van der Waals surface area contributed by atoms with Crippen molar-refractivity contribution in [1.82, 2.24) is 4.98 Å². The molecule has 2 heterocycles. The molecular weight excluding hydrogens is 328 g/mol. The summed E-state index contributed by atoms with van der Waals surface area (Å²) in [7, 11) is 1.78.